The highest BCUT2D eigenvalue weighted by molar-refractivity contribution is 8.76. The van der Waals surface area contributed by atoms with Crippen LogP contribution in [0.1, 0.15) is 60.8 Å². The van der Waals surface area contributed by atoms with Crippen LogP contribution < -0.4 is 10.6 Å². The van der Waals surface area contributed by atoms with Crippen molar-refractivity contribution in [2.45, 2.75) is 71.9 Å². The molecule has 0 fully saturated rings. The molecule has 0 saturated carbocycles. The lowest BCUT2D eigenvalue weighted by atomic mass is 10.00. The fraction of sp³-hybridized carbons (Fsp3) is 0.895. The summed E-state index contributed by atoms with van der Waals surface area (Å²) in [5, 5.41) is 6.38. The summed E-state index contributed by atoms with van der Waals surface area (Å²) in [6.45, 7) is 14.6. The molecule has 27 heavy (non-hydrogen) atoms. The van der Waals surface area contributed by atoms with E-state index >= 15 is 0 Å². The first kappa shape index (κ1) is 26.6. The van der Waals surface area contributed by atoms with Gasteiger partial charge < -0.3 is 20.1 Å². The molecule has 6 nitrogen and oxygen atoms in total. The number of nitrogens with one attached hydrogen (secondary N) is 2. The van der Waals surface area contributed by atoms with Crippen LogP contribution in [0.3, 0.4) is 0 Å². The van der Waals surface area contributed by atoms with E-state index in [0.29, 0.717) is 32.6 Å². The summed E-state index contributed by atoms with van der Waals surface area (Å²) in [4.78, 5) is 22.6. The van der Waals surface area contributed by atoms with Gasteiger partial charge in [0.2, 0.25) is 5.91 Å². The summed E-state index contributed by atoms with van der Waals surface area (Å²) in [6.07, 6.45) is 2.10. The van der Waals surface area contributed by atoms with Crippen LogP contribution in [0.2, 0.25) is 0 Å². The van der Waals surface area contributed by atoms with Crippen LogP contribution in [-0.4, -0.2) is 60.8 Å². The zero-order valence-electron chi connectivity index (χ0n) is 17.8. The van der Waals surface area contributed by atoms with Crippen molar-refractivity contribution in [2.24, 2.45) is 0 Å². The fourth-order valence-corrected chi connectivity index (χ4v) is 4.03. The van der Waals surface area contributed by atoms with Crippen LogP contribution in [0.25, 0.3) is 0 Å². The van der Waals surface area contributed by atoms with E-state index in [2.05, 4.69) is 31.4 Å². The minimum atomic E-state index is -0.305. The number of hydrogen-bond acceptors (Lipinski definition) is 7. The van der Waals surface area contributed by atoms with E-state index < -0.39 is 0 Å². The number of rotatable bonds is 16. The standard InChI is InChI=1S/C19H38N2O4S2/c1-7-21-18(3,4)10-12-25-19(5,6)9-8-17(23)20-11-14-26-27-15-13-24-16(2)22/h21H,7-15H2,1-6H3,(H,20,23). The third-order valence-electron chi connectivity index (χ3n) is 3.89. The molecular weight excluding hydrogens is 384 g/mol. The van der Waals surface area contributed by atoms with Crippen molar-refractivity contribution < 1.29 is 19.1 Å². The molecule has 0 aromatic heterocycles. The van der Waals surface area contributed by atoms with Crippen molar-refractivity contribution in [2.75, 3.05) is 37.8 Å². The highest BCUT2D eigenvalue weighted by Gasteiger charge is 2.22. The smallest absolute Gasteiger partial charge is 0.302 e. The van der Waals surface area contributed by atoms with Gasteiger partial charge in [-0.25, -0.2) is 0 Å². The molecule has 0 radical (unpaired) electrons. The summed E-state index contributed by atoms with van der Waals surface area (Å²) >= 11 is 0. The fourth-order valence-electron chi connectivity index (χ4n) is 2.29. The Balaban J connectivity index is 3.73. The van der Waals surface area contributed by atoms with Crippen molar-refractivity contribution in [1.29, 1.82) is 0 Å². The second-order valence-electron chi connectivity index (χ2n) is 7.61. The maximum atomic E-state index is 12.0. The molecule has 0 bridgehead atoms. The number of esters is 1. The largest absolute Gasteiger partial charge is 0.465 e. The maximum Gasteiger partial charge on any atom is 0.302 e. The molecule has 0 spiro atoms. The van der Waals surface area contributed by atoms with Gasteiger partial charge in [0.25, 0.3) is 0 Å². The molecule has 0 saturated heterocycles. The van der Waals surface area contributed by atoms with E-state index in [1.807, 2.05) is 13.8 Å². The summed E-state index contributed by atoms with van der Waals surface area (Å²) in [6, 6.07) is 0. The Bertz CT molecular complexity index is 432. The van der Waals surface area contributed by atoms with Crippen molar-refractivity contribution in [3.63, 3.8) is 0 Å². The average Bonchev–Trinajstić information content (AvgIpc) is 2.54. The molecule has 0 aliphatic carbocycles. The minimum absolute atomic E-state index is 0.0603. The number of carbonyl (C=O) groups excluding carboxylic acids is 2. The molecule has 0 aromatic carbocycles. The van der Waals surface area contributed by atoms with Gasteiger partial charge in [-0.2, -0.15) is 0 Å². The highest BCUT2D eigenvalue weighted by Crippen LogP contribution is 2.20. The molecule has 0 atom stereocenters. The normalized spacial score (nSPS) is 12.1. The van der Waals surface area contributed by atoms with Gasteiger partial charge in [0, 0.05) is 43.5 Å². The van der Waals surface area contributed by atoms with Gasteiger partial charge >= 0.3 is 5.97 Å². The van der Waals surface area contributed by atoms with Gasteiger partial charge in [-0.3, -0.25) is 9.59 Å². The Kier molecular flexibility index (Phi) is 14.3. The molecule has 1 amide bonds. The predicted octanol–water partition coefficient (Wildman–Crippen LogP) is 3.40. The Morgan fingerprint density at radius 1 is 1.00 bits per heavy atom. The van der Waals surface area contributed by atoms with E-state index in [-0.39, 0.29) is 23.0 Å². The van der Waals surface area contributed by atoms with Gasteiger partial charge in [0.15, 0.2) is 0 Å². The van der Waals surface area contributed by atoms with Crippen LogP contribution in [0.4, 0.5) is 0 Å². The minimum Gasteiger partial charge on any atom is -0.465 e. The Morgan fingerprint density at radius 2 is 1.67 bits per heavy atom. The quantitative estimate of drug-likeness (QED) is 0.224. The van der Waals surface area contributed by atoms with Gasteiger partial charge in [0.05, 0.1) is 5.60 Å². The first-order chi connectivity index (χ1) is 12.6. The van der Waals surface area contributed by atoms with E-state index in [9.17, 15) is 9.59 Å². The van der Waals surface area contributed by atoms with Crippen LogP contribution in [-0.2, 0) is 19.1 Å². The first-order valence-corrected chi connectivity index (χ1v) is 12.1. The zero-order chi connectivity index (χ0) is 20.8. The van der Waals surface area contributed by atoms with E-state index in [1.165, 1.54) is 6.92 Å². The summed E-state index contributed by atoms with van der Waals surface area (Å²) in [7, 11) is 3.31. The lowest BCUT2D eigenvalue weighted by molar-refractivity contribution is -0.140. The SMILES string of the molecule is CCNC(C)(C)CCOC(C)(C)CCC(=O)NCCSSCCOC(C)=O. The summed E-state index contributed by atoms with van der Waals surface area (Å²) in [5.74, 6) is 1.40. The predicted molar refractivity (Wildman–Crippen MR) is 116 cm³/mol. The number of ether oxygens (including phenoxy) is 2. The van der Waals surface area contributed by atoms with Crippen molar-refractivity contribution in [3.05, 3.63) is 0 Å². The number of amides is 1. The number of carbonyl (C=O) groups is 2. The van der Waals surface area contributed by atoms with Crippen LogP contribution in [0.15, 0.2) is 0 Å². The molecule has 0 aliphatic rings. The van der Waals surface area contributed by atoms with Gasteiger partial charge in [-0.1, -0.05) is 28.5 Å². The average molecular weight is 423 g/mol. The molecule has 160 valence electrons. The second kappa shape index (κ2) is 14.5. The maximum absolute atomic E-state index is 12.0. The highest BCUT2D eigenvalue weighted by atomic mass is 33.1. The van der Waals surface area contributed by atoms with Crippen LogP contribution in [0, 0.1) is 0 Å². The Morgan fingerprint density at radius 3 is 2.30 bits per heavy atom. The number of hydrogen-bond donors (Lipinski definition) is 2. The molecular formula is C19H38N2O4S2. The van der Waals surface area contributed by atoms with E-state index in [1.54, 1.807) is 21.6 Å². The van der Waals surface area contributed by atoms with Gasteiger partial charge in [-0.05, 0) is 47.1 Å². The third-order valence-corrected chi connectivity index (χ3v) is 6.26. The molecule has 2 N–H and O–H groups in total. The third kappa shape index (κ3) is 17.4. The lowest BCUT2D eigenvalue weighted by Crippen LogP contribution is -2.41. The second-order valence-corrected chi connectivity index (χ2v) is 10.3. The molecule has 0 aliphatic heterocycles. The topological polar surface area (TPSA) is 76.7 Å². The van der Waals surface area contributed by atoms with Crippen LogP contribution in [0.5, 0.6) is 0 Å². The molecule has 0 heterocycles. The summed E-state index contributed by atoms with van der Waals surface area (Å²) in [5.41, 5.74) is -0.239. The Labute approximate surface area is 173 Å². The lowest BCUT2D eigenvalue weighted by Gasteiger charge is -2.30. The van der Waals surface area contributed by atoms with E-state index in [4.69, 9.17) is 9.47 Å². The van der Waals surface area contributed by atoms with Crippen molar-refractivity contribution >= 4 is 33.5 Å². The monoisotopic (exact) mass is 422 g/mol. The molecule has 0 rings (SSSR count). The summed E-state index contributed by atoms with van der Waals surface area (Å²) < 4.78 is 10.8. The Hall–Kier alpha value is -0.440. The molecule has 8 heteroatoms. The van der Waals surface area contributed by atoms with Gasteiger partial charge in [0.1, 0.15) is 6.61 Å². The molecule has 0 unspecified atom stereocenters. The van der Waals surface area contributed by atoms with Gasteiger partial charge in [-0.15, -0.1) is 0 Å². The van der Waals surface area contributed by atoms with E-state index in [0.717, 1.165) is 24.5 Å². The van der Waals surface area contributed by atoms with Crippen LogP contribution >= 0.6 is 21.6 Å². The first-order valence-electron chi connectivity index (χ1n) is 9.61. The molecule has 0 aromatic rings. The zero-order valence-corrected chi connectivity index (χ0v) is 19.4. The van der Waals surface area contributed by atoms with Crippen molar-refractivity contribution in [1.82, 2.24) is 10.6 Å². The van der Waals surface area contributed by atoms with Crippen molar-refractivity contribution in [3.8, 4) is 0 Å².